The molecule has 28 heavy (non-hydrogen) atoms. The largest absolute Gasteiger partial charge is 0.364 e. The Balaban J connectivity index is 1.54. The van der Waals surface area contributed by atoms with Gasteiger partial charge in [0.15, 0.2) is 0 Å². The predicted molar refractivity (Wildman–Crippen MR) is 95.6 cm³/mol. The summed E-state index contributed by atoms with van der Waals surface area (Å²) in [5.41, 5.74) is -3.44. The van der Waals surface area contributed by atoms with E-state index in [4.69, 9.17) is 11.6 Å². The molecule has 0 aromatic carbocycles. The van der Waals surface area contributed by atoms with Gasteiger partial charge in [-0.05, 0) is 68.9 Å². The minimum atomic E-state index is -3.09. The van der Waals surface area contributed by atoms with Crippen molar-refractivity contribution in [3.63, 3.8) is 0 Å². The first-order chi connectivity index (χ1) is 13.2. The van der Waals surface area contributed by atoms with Crippen LogP contribution in [0.4, 0.5) is 8.78 Å². The maximum atomic E-state index is 13.7. The molecule has 2 heterocycles. The van der Waals surface area contributed by atoms with Crippen LogP contribution in [0.3, 0.4) is 0 Å². The second-order valence-corrected chi connectivity index (χ2v) is 9.57. The van der Waals surface area contributed by atoms with Crippen molar-refractivity contribution in [2.45, 2.75) is 69.6 Å². The summed E-state index contributed by atoms with van der Waals surface area (Å²) in [6.45, 7) is 1.55. The normalized spacial score (nSPS) is 41.8. The molecule has 0 radical (unpaired) electrons. The molecule has 4 bridgehead atoms. The standard InChI is InChI=1S/C18H22ClF2N5O2/c1-10-3-18(28,13(20)21)26(23-10)14(27)16-4-11-2-12(5-16)7-17(6-11,8-16)25-9-22-15(19)24-25/h9,11-13,28H,2-8H2,1H3. The molecule has 3 atom stereocenters. The molecule has 1 N–H and O–H groups in total. The number of alkyl halides is 2. The maximum absolute atomic E-state index is 13.7. The lowest BCUT2D eigenvalue weighted by atomic mass is 9.46. The second-order valence-electron chi connectivity index (χ2n) is 9.23. The highest BCUT2D eigenvalue weighted by atomic mass is 35.5. The zero-order valence-corrected chi connectivity index (χ0v) is 16.2. The lowest BCUT2D eigenvalue weighted by Gasteiger charge is -2.61. The van der Waals surface area contributed by atoms with Crippen molar-refractivity contribution in [1.29, 1.82) is 0 Å². The van der Waals surface area contributed by atoms with Crippen LogP contribution in [0.15, 0.2) is 11.4 Å². The fourth-order valence-corrected chi connectivity index (χ4v) is 6.69. The summed E-state index contributed by atoms with van der Waals surface area (Å²) in [6.07, 6.45) is 2.71. The molecule has 1 aliphatic heterocycles. The zero-order valence-electron chi connectivity index (χ0n) is 15.5. The van der Waals surface area contributed by atoms with Gasteiger partial charge in [0.25, 0.3) is 12.3 Å². The molecule has 4 fully saturated rings. The number of aliphatic hydroxyl groups is 1. The molecule has 1 amide bonds. The Morgan fingerprint density at radius 3 is 2.57 bits per heavy atom. The van der Waals surface area contributed by atoms with Crippen molar-refractivity contribution in [2.24, 2.45) is 22.4 Å². The number of hydrogen-bond donors (Lipinski definition) is 1. The van der Waals surface area contributed by atoms with Gasteiger partial charge in [-0.25, -0.2) is 18.4 Å². The molecule has 4 aliphatic carbocycles. The van der Waals surface area contributed by atoms with Crippen molar-refractivity contribution < 1.29 is 18.7 Å². The quantitative estimate of drug-likeness (QED) is 0.825. The number of hydrazone groups is 1. The second kappa shape index (κ2) is 5.72. The molecule has 10 heteroatoms. The molecule has 4 saturated carbocycles. The molecule has 5 aliphatic rings. The number of aromatic nitrogens is 3. The number of rotatable bonds is 3. The lowest BCUT2D eigenvalue weighted by Crippen LogP contribution is -2.63. The van der Waals surface area contributed by atoms with E-state index in [1.165, 1.54) is 0 Å². The van der Waals surface area contributed by atoms with Gasteiger partial charge < -0.3 is 5.11 Å². The zero-order chi connectivity index (χ0) is 19.9. The SMILES string of the molecule is CC1=NN(C(=O)C23CC4CC(C2)CC(n2cnc(Cl)n2)(C4)C3)C(O)(C(F)F)C1. The van der Waals surface area contributed by atoms with E-state index in [-0.39, 0.29) is 17.2 Å². The number of amides is 1. The molecule has 0 saturated heterocycles. The minimum Gasteiger partial charge on any atom is -0.364 e. The number of carbonyl (C=O) groups excluding carboxylic acids is 1. The number of halogens is 3. The summed E-state index contributed by atoms with van der Waals surface area (Å²) < 4.78 is 29.1. The summed E-state index contributed by atoms with van der Waals surface area (Å²) >= 11 is 5.94. The van der Waals surface area contributed by atoms with E-state index < -0.39 is 23.5 Å². The fourth-order valence-electron chi connectivity index (χ4n) is 6.56. The molecule has 1 aromatic rings. The molecule has 1 aromatic heterocycles. The summed E-state index contributed by atoms with van der Waals surface area (Å²) in [5, 5.41) is 19.7. The highest BCUT2D eigenvalue weighted by molar-refractivity contribution is 6.28. The van der Waals surface area contributed by atoms with Crippen LogP contribution in [0.1, 0.15) is 51.9 Å². The Morgan fingerprint density at radius 1 is 1.32 bits per heavy atom. The molecule has 0 spiro atoms. The van der Waals surface area contributed by atoms with E-state index in [9.17, 15) is 18.7 Å². The van der Waals surface area contributed by atoms with E-state index >= 15 is 0 Å². The minimum absolute atomic E-state index is 0.156. The van der Waals surface area contributed by atoms with Crippen LogP contribution < -0.4 is 0 Å². The predicted octanol–water partition coefficient (Wildman–Crippen LogP) is 2.79. The van der Waals surface area contributed by atoms with Crippen molar-refractivity contribution in [1.82, 2.24) is 19.8 Å². The highest BCUT2D eigenvalue weighted by Gasteiger charge is 2.65. The van der Waals surface area contributed by atoms with Gasteiger partial charge in [0.1, 0.15) is 6.33 Å². The van der Waals surface area contributed by atoms with Gasteiger partial charge in [0, 0.05) is 12.1 Å². The van der Waals surface area contributed by atoms with Gasteiger partial charge in [-0.3, -0.25) is 4.79 Å². The average molecular weight is 414 g/mol. The summed E-state index contributed by atoms with van der Waals surface area (Å²) in [6, 6.07) is 0. The monoisotopic (exact) mass is 413 g/mol. The summed E-state index contributed by atoms with van der Waals surface area (Å²) in [7, 11) is 0. The van der Waals surface area contributed by atoms with E-state index in [1.807, 2.05) is 0 Å². The van der Waals surface area contributed by atoms with Crippen LogP contribution in [0.5, 0.6) is 0 Å². The highest BCUT2D eigenvalue weighted by Crippen LogP contribution is 2.65. The molecule has 3 unspecified atom stereocenters. The number of hydrogen-bond acceptors (Lipinski definition) is 5. The van der Waals surface area contributed by atoms with E-state index in [0.717, 1.165) is 19.3 Å². The van der Waals surface area contributed by atoms with Gasteiger partial charge >= 0.3 is 0 Å². The van der Waals surface area contributed by atoms with Crippen molar-refractivity contribution in [3.8, 4) is 0 Å². The van der Waals surface area contributed by atoms with Gasteiger partial charge in [-0.15, -0.1) is 5.10 Å². The summed E-state index contributed by atoms with van der Waals surface area (Å²) in [4.78, 5) is 17.6. The third-order valence-corrected chi connectivity index (χ3v) is 7.30. The van der Waals surface area contributed by atoms with Crippen LogP contribution in [0.2, 0.25) is 5.28 Å². The van der Waals surface area contributed by atoms with Crippen LogP contribution in [-0.2, 0) is 10.3 Å². The van der Waals surface area contributed by atoms with Crippen LogP contribution in [-0.4, -0.2) is 48.6 Å². The molecule has 6 rings (SSSR count). The lowest BCUT2D eigenvalue weighted by molar-refractivity contribution is -0.211. The van der Waals surface area contributed by atoms with Gasteiger partial charge in [-0.1, -0.05) is 0 Å². The molecule has 152 valence electrons. The third-order valence-electron chi connectivity index (χ3n) is 7.13. The fraction of sp³-hybridized carbons (Fsp3) is 0.778. The van der Waals surface area contributed by atoms with Crippen molar-refractivity contribution in [3.05, 3.63) is 11.6 Å². The number of nitrogens with zero attached hydrogens (tertiary/aromatic N) is 5. The molecule has 7 nitrogen and oxygen atoms in total. The van der Waals surface area contributed by atoms with Crippen molar-refractivity contribution >= 4 is 23.2 Å². The Kier molecular flexibility index (Phi) is 3.76. The Morgan fingerprint density at radius 2 is 2.00 bits per heavy atom. The smallest absolute Gasteiger partial charge is 0.287 e. The van der Waals surface area contributed by atoms with E-state index in [1.54, 1.807) is 17.9 Å². The van der Waals surface area contributed by atoms with Crippen LogP contribution in [0.25, 0.3) is 0 Å². The maximum Gasteiger partial charge on any atom is 0.287 e. The molecular formula is C18H22ClF2N5O2. The van der Waals surface area contributed by atoms with Gasteiger partial charge in [0.2, 0.25) is 11.0 Å². The first kappa shape index (κ1) is 18.4. The Hall–Kier alpha value is -1.61. The Labute approximate surface area is 165 Å². The number of carbonyl (C=O) groups is 1. The molecular weight excluding hydrogens is 392 g/mol. The van der Waals surface area contributed by atoms with Crippen molar-refractivity contribution in [2.75, 3.05) is 0 Å². The van der Waals surface area contributed by atoms with Crippen LogP contribution in [0, 0.1) is 17.3 Å². The van der Waals surface area contributed by atoms with E-state index in [0.29, 0.717) is 41.8 Å². The summed E-state index contributed by atoms with van der Waals surface area (Å²) in [5.74, 6) is 0.123. The topological polar surface area (TPSA) is 83.6 Å². The van der Waals surface area contributed by atoms with Crippen LogP contribution >= 0.6 is 11.6 Å². The van der Waals surface area contributed by atoms with Gasteiger partial charge in [0.05, 0.1) is 11.0 Å². The first-order valence-electron chi connectivity index (χ1n) is 9.63. The van der Waals surface area contributed by atoms with E-state index in [2.05, 4.69) is 15.2 Å². The third kappa shape index (κ3) is 2.41. The Bertz CT molecular complexity index is 860. The first-order valence-corrected chi connectivity index (χ1v) is 10.0. The van der Waals surface area contributed by atoms with Gasteiger partial charge in [-0.2, -0.15) is 10.1 Å². The average Bonchev–Trinajstić information content (AvgIpc) is 3.17.